The van der Waals surface area contributed by atoms with Crippen molar-refractivity contribution >= 4 is 45.4 Å². The van der Waals surface area contributed by atoms with E-state index < -0.39 is 18.0 Å². The van der Waals surface area contributed by atoms with E-state index in [9.17, 15) is 19.8 Å². The van der Waals surface area contributed by atoms with Gasteiger partial charge in [0.05, 0.1) is 22.9 Å². The molecule has 4 rings (SSSR count). The Hall–Kier alpha value is -1.84. The fraction of sp³-hybridized carbons (Fsp3) is 0.438. The zero-order valence-corrected chi connectivity index (χ0v) is 15.5. The molecule has 1 amide bonds. The van der Waals surface area contributed by atoms with Crippen molar-refractivity contribution in [2.75, 3.05) is 6.26 Å². The summed E-state index contributed by atoms with van der Waals surface area (Å²) in [4.78, 5) is 31.7. The molecule has 1 fully saturated rings. The smallest absolute Gasteiger partial charge is 0.352 e. The Morgan fingerprint density at radius 2 is 2.20 bits per heavy atom. The van der Waals surface area contributed by atoms with Crippen LogP contribution in [0.25, 0.3) is 10.4 Å². The zero-order valence-electron chi connectivity index (χ0n) is 13.8. The summed E-state index contributed by atoms with van der Waals surface area (Å²) in [5.41, 5.74) is 0.706. The molecule has 0 aromatic carbocycles. The average molecular weight is 379 g/mol. The van der Waals surface area contributed by atoms with Gasteiger partial charge >= 0.3 is 5.97 Å². The highest BCUT2D eigenvalue weighted by atomic mass is 32.2. The number of fused-ring (bicyclic) bond motifs is 2. The van der Waals surface area contributed by atoms with Crippen molar-refractivity contribution in [1.29, 1.82) is 0 Å². The zero-order chi connectivity index (χ0) is 18.0. The van der Waals surface area contributed by atoms with Crippen LogP contribution in [0.1, 0.15) is 18.7 Å². The normalized spacial score (nSPS) is 27.0. The lowest BCUT2D eigenvalue weighted by Crippen LogP contribution is -2.63. The summed E-state index contributed by atoms with van der Waals surface area (Å²) in [7, 11) is 0. The maximum atomic E-state index is 12.4. The van der Waals surface area contributed by atoms with Gasteiger partial charge in [0, 0.05) is 17.7 Å². The number of aliphatic hydroxyl groups excluding tert-OH is 1. The maximum Gasteiger partial charge on any atom is 0.352 e. The number of amides is 1. The van der Waals surface area contributed by atoms with Gasteiger partial charge in [-0.15, -0.1) is 23.1 Å². The number of imidazole rings is 1. The van der Waals surface area contributed by atoms with E-state index in [2.05, 4.69) is 4.98 Å². The van der Waals surface area contributed by atoms with Crippen LogP contribution in [0.3, 0.4) is 0 Å². The molecule has 0 saturated carbocycles. The van der Waals surface area contributed by atoms with E-state index in [4.69, 9.17) is 0 Å². The highest BCUT2D eigenvalue weighted by Crippen LogP contribution is 2.51. The molecule has 2 N–H and O–H groups in total. The molecule has 2 aliphatic rings. The highest BCUT2D eigenvalue weighted by Gasteiger charge is 2.60. The molecular weight excluding hydrogens is 362 g/mol. The average Bonchev–Trinajstić information content (AvgIpc) is 3.16. The minimum atomic E-state index is -1.11. The molecular formula is C16H17N3O4S2. The molecule has 0 spiro atoms. The molecule has 2 aliphatic heterocycles. The summed E-state index contributed by atoms with van der Waals surface area (Å²) in [5, 5.41) is 20.5. The predicted molar refractivity (Wildman–Crippen MR) is 94.4 cm³/mol. The summed E-state index contributed by atoms with van der Waals surface area (Å²) in [6.07, 6.45) is 4.73. The van der Waals surface area contributed by atoms with Crippen LogP contribution in [-0.4, -0.2) is 54.8 Å². The number of aliphatic hydroxyl groups is 1. The number of hydrogen-bond acceptors (Lipinski definition) is 6. The topological polar surface area (TPSA) is 95.1 Å². The van der Waals surface area contributed by atoms with Gasteiger partial charge in [-0.1, -0.05) is 6.92 Å². The molecule has 2 aromatic rings. The van der Waals surface area contributed by atoms with Crippen molar-refractivity contribution in [2.45, 2.75) is 31.0 Å². The molecule has 0 radical (unpaired) electrons. The van der Waals surface area contributed by atoms with Gasteiger partial charge in [0.25, 0.3) is 0 Å². The number of aliphatic carboxylic acids is 1. The largest absolute Gasteiger partial charge is 0.477 e. The number of thiazole rings is 1. The number of carboxylic acid groups (broad SMARTS) is 1. The van der Waals surface area contributed by atoms with Gasteiger partial charge in [-0.3, -0.25) is 9.20 Å². The summed E-state index contributed by atoms with van der Waals surface area (Å²) in [6.45, 7) is 3.50. The van der Waals surface area contributed by atoms with Gasteiger partial charge in [0.2, 0.25) is 5.91 Å². The van der Waals surface area contributed by atoms with Crippen LogP contribution in [0.4, 0.5) is 0 Å². The third-order valence-electron chi connectivity index (χ3n) is 5.01. The first-order valence-electron chi connectivity index (χ1n) is 7.86. The van der Waals surface area contributed by atoms with Gasteiger partial charge in [0.1, 0.15) is 21.9 Å². The van der Waals surface area contributed by atoms with E-state index in [1.165, 1.54) is 28.0 Å². The molecule has 4 heterocycles. The van der Waals surface area contributed by atoms with E-state index in [0.717, 1.165) is 14.7 Å². The van der Waals surface area contributed by atoms with Crippen molar-refractivity contribution in [3.05, 3.63) is 23.1 Å². The molecule has 7 nitrogen and oxygen atoms in total. The standard InChI is InChI=1S/C16H17N3O4S2/c1-6-9(8-4-18-5-17-13(24-3)15(18)25-8)12(16(22)23)19-11(6)10(7(2)20)14(19)21/h4-7,10-11,20H,1-3H3,(H,22,23)/t6-,7+,10+,11+/m0/s1. The fourth-order valence-corrected chi connectivity index (χ4v) is 5.86. The van der Waals surface area contributed by atoms with Crippen LogP contribution in [0.5, 0.6) is 0 Å². The van der Waals surface area contributed by atoms with Crippen molar-refractivity contribution in [3.63, 3.8) is 0 Å². The lowest BCUT2D eigenvalue weighted by atomic mass is 9.77. The Kier molecular flexibility index (Phi) is 3.71. The molecule has 1 saturated heterocycles. The molecule has 0 aliphatic carbocycles. The fourth-order valence-electron chi connectivity index (χ4n) is 3.94. The molecule has 25 heavy (non-hydrogen) atoms. The first-order valence-corrected chi connectivity index (χ1v) is 9.90. The summed E-state index contributed by atoms with van der Waals surface area (Å²) < 4.78 is 1.88. The molecule has 0 bridgehead atoms. The number of carbonyl (C=O) groups is 2. The van der Waals surface area contributed by atoms with E-state index in [1.54, 1.807) is 13.3 Å². The van der Waals surface area contributed by atoms with Gasteiger partial charge in [-0.25, -0.2) is 9.78 Å². The predicted octanol–water partition coefficient (Wildman–Crippen LogP) is 1.77. The second kappa shape index (κ2) is 5.58. The van der Waals surface area contributed by atoms with Crippen LogP contribution in [0.2, 0.25) is 0 Å². The minimum absolute atomic E-state index is 0.0440. The third-order valence-corrected chi connectivity index (χ3v) is 6.97. The third kappa shape index (κ3) is 2.12. The first-order chi connectivity index (χ1) is 11.9. The Labute approximate surface area is 152 Å². The van der Waals surface area contributed by atoms with E-state index in [-0.39, 0.29) is 23.6 Å². The molecule has 4 atom stereocenters. The SMILES string of the molecule is CSc1ncn2cc(C3=C(C(=O)O)N4C(=O)[C@H]([C@@H](C)O)[C@H]4[C@H]3C)sc12. The molecule has 2 aromatic heterocycles. The Bertz CT molecular complexity index is 929. The number of thioether (sulfide) groups is 1. The number of rotatable bonds is 4. The van der Waals surface area contributed by atoms with E-state index in [1.807, 2.05) is 23.8 Å². The monoisotopic (exact) mass is 379 g/mol. The van der Waals surface area contributed by atoms with Crippen LogP contribution in [0, 0.1) is 11.8 Å². The molecule has 9 heteroatoms. The second-order valence-electron chi connectivity index (χ2n) is 6.38. The van der Waals surface area contributed by atoms with Gasteiger partial charge in [-0.2, -0.15) is 0 Å². The van der Waals surface area contributed by atoms with Crippen molar-refractivity contribution in [3.8, 4) is 0 Å². The number of nitrogens with zero attached hydrogens (tertiary/aromatic N) is 3. The lowest BCUT2D eigenvalue weighted by molar-refractivity contribution is -0.163. The summed E-state index contributed by atoms with van der Waals surface area (Å²) >= 11 is 3.01. The van der Waals surface area contributed by atoms with E-state index in [0.29, 0.717) is 5.57 Å². The van der Waals surface area contributed by atoms with E-state index >= 15 is 0 Å². The molecule has 132 valence electrons. The highest BCUT2D eigenvalue weighted by molar-refractivity contribution is 7.98. The van der Waals surface area contributed by atoms with Crippen molar-refractivity contribution in [1.82, 2.24) is 14.3 Å². The number of hydrogen-bond donors (Lipinski definition) is 2. The van der Waals surface area contributed by atoms with Crippen LogP contribution >= 0.6 is 23.1 Å². The summed E-state index contributed by atoms with van der Waals surface area (Å²) in [5.74, 6) is -2.12. The number of β-lactam (4-membered cyclic amide) rings is 1. The van der Waals surface area contributed by atoms with Crippen LogP contribution in [0.15, 0.2) is 23.2 Å². The minimum Gasteiger partial charge on any atom is -0.477 e. The van der Waals surface area contributed by atoms with Crippen LogP contribution in [-0.2, 0) is 9.59 Å². The van der Waals surface area contributed by atoms with Crippen LogP contribution < -0.4 is 0 Å². The molecule has 0 unspecified atom stereocenters. The second-order valence-corrected chi connectivity index (χ2v) is 8.21. The summed E-state index contributed by atoms with van der Waals surface area (Å²) in [6, 6.07) is -0.298. The van der Waals surface area contributed by atoms with Gasteiger partial charge in [0.15, 0.2) is 0 Å². The lowest BCUT2D eigenvalue weighted by Gasteiger charge is -2.46. The Morgan fingerprint density at radius 1 is 1.48 bits per heavy atom. The van der Waals surface area contributed by atoms with Crippen molar-refractivity contribution in [2.24, 2.45) is 11.8 Å². The van der Waals surface area contributed by atoms with Crippen molar-refractivity contribution < 1.29 is 19.8 Å². The number of aromatic nitrogens is 2. The van der Waals surface area contributed by atoms with Gasteiger partial charge in [-0.05, 0) is 13.2 Å². The number of carbonyl (C=O) groups excluding carboxylic acids is 1. The van der Waals surface area contributed by atoms with Gasteiger partial charge < -0.3 is 15.1 Å². The maximum absolute atomic E-state index is 12.4. The number of carboxylic acids is 1. The Morgan fingerprint density at radius 3 is 2.80 bits per heavy atom. The Balaban J connectivity index is 1.85. The first kappa shape index (κ1) is 16.6. The quantitative estimate of drug-likeness (QED) is 0.621.